The molecular weight excluding hydrogens is 659 g/mol. The fraction of sp³-hybridized carbons (Fsp3) is 0. The van der Waals surface area contributed by atoms with Crippen LogP contribution < -0.4 is 0 Å². The highest BCUT2D eigenvalue weighted by Gasteiger charge is 2.21. The zero-order valence-corrected chi connectivity index (χ0v) is 29.0. The molecule has 12 aromatic rings. The molecule has 0 saturated carbocycles. The maximum atomic E-state index is 6.62. The molecule has 54 heavy (non-hydrogen) atoms. The molecule has 0 spiro atoms. The molecule has 0 saturated heterocycles. The molecule has 0 amide bonds. The Labute approximate surface area is 309 Å². The second-order valence-electron chi connectivity index (χ2n) is 14.1. The van der Waals surface area contributed by atoms with Gasteiger partial charge in [-0.15, -0.1) is 0 Å². The lowest BCUT2D eigenvalue weighted by Gasteiger charge is -2.13. The summed E-state index contributed by atoms with van der Waals surface area (Å²) < 4.78 is 9.00. The van der Waals surface area contributed by atoms with E-state index >= 15 is 0 Å². The number of aromatic nitrogens is 3. The summed E-state index contributed by atoms with van der Waals surface area (Å²) in [6, 6.07) is 62.3. The topological polar surface area (TPSA) is 43.9 Å². The molecule has 0 radical (unpaired) electrons. The van der Waals surface area contributed by atoms with Gasteiger partial charge in [-0.05, 0) is 81.2 Å². The Balaban J connectivity index is 1.10. The first-order chi connectivity index (χ1) is 26.8. The molecule has 0 aliphatic heterocycles. The van der Waals surface area contributed by atoms with Crippen LogP contribution in [0.4, 0.5) is 0 Å². The van der Waals surface area contributed by atoms with Crippen molar-refractivity contribution in [2.75, 3.05) is 0 Å². The van der Waals surface area contributed by atoms with Gasteiger partial charge >= 0.3 is 0 Å². The van der Waals surface area contributed by atoms with Crippen molar-refractivity contribution in [2.24, 2.45) is 0 Å². The van der Waals surface area contributed by atoms with Crippen molar-refractivity contribution in [2.45, 2.75) is 0 Å². The van der Waals surface area contributed by atoms with E-state index in [-0.39, 0.29) is 0 Å². The minimum absolute atomic E-state index is 0.859. The van der Waals surface area contributed by atoms with E-state index in [9.17, 15) is 0 Å². The molecule has 3 aromatic heterocycles. The van der Waals surface area contributed by atoms with Crippen molar-refractivity contribution in [1.82, 2.24) is 14.5 Å². The summed E-state index contributed by atoms with van der Waals surface area (Å²) in [5.74, 6) is 0. The van der Waals surface area contributed by atoms with Crippen LogP contribution in [0.2, 0.25) is 0 Å². The molecule has 0 aliphatic rings. The number of hydrogen-bond acceptors (Lipinski definition) is 3. The lowest BCUT2D eigenvalue weighted by atomic mass is 9.94. The van der Waals surface area contributed by atoms with Crippen LogP contribution >= 0.6 is 0 Å². The second kappa shape index (κ2) is 11.1. The van der Waals surface area contributed by atoms with E-state index in [0.29, 0.717) is 0 Å². The monoisotopic (exact) mass is 687 g/mol. The van der Waals surface area contributed by atoms with Crippen LogP contribution in [0.15, 0.2) is 180 Å². The maximum Gasteiger partial charge on any atom is 0.138 e. The van der Waals surface area contributed by atoms with Gasteiger partial charge in [0.15, 0.2) is 0 Å². The predicted octanol–water partition coefficient (Wildman–Crippen LogP) is 13.4. The van der Waals surface area contributed by atoms with Gasteiger partial charge < -0.3 is 8.98 Å². The van der Waals surface area contributed by atoms with Crippen molar-refractivity contribution >= 4 is 76.3 Å². The van der Waals surface area contributed by atoms with E-state index in [2.05, 4.69) is 156 Å². The van der Waals surface area contributed by atoms with Crippen LogP contribution in [0.25, 0.3) is 116 Å². The Bertz CT molecular complexity index is 3450. The summed E-state index contributed by atoms with van der Waals surface area (Å²) in [4.78, 5) is 10.6. The number of para-hydroxylation sites is 3. The molecule has 0 atom stereocenters. The molecule has 4 heteroatoms. The molecule has 0 bridgehead atoms. The van der Waals surface area contributed by atoms with E-state index in [0.717, 1.165) is 72.4 Å². The van der Waals surface area contributed by atoms with E-state index in [1.54, 1.807) is 0 Å². The van der Waals surface area contributed by atoms with Crippen molar-refractivity contribution < 1.29 is 4.42 Å². The molecular formula is C50H29N3O. The first kappa shape index (κ1) is 29.3. The highest BCUT2D eigenvalue weighted by atomic mass is 16.3. The van der Waals surface area contributed by atoms with E-state index < -0.39 is 0 Å². The number of furan rings is 1. The van der Waals surface area contributed by atoms with Gasteiger partial charge in [-0.1, -0.05) is 121 Å². The number of hydrogen-bond donors (Lipinski definition) is 0. The first-order valence-corrected chi connectivity index (χ1v) is 18.3. The van der Waals surface area contributed by atoms with Gasteiger partial charge in [0.25, 0.3) is 0 Å². The number of benzene rings is 9. The summed E-state index contributed by atoms with van der Waals surface area (Å²) in [5.41, 5.74) is 13.0. The Morgan fingerprint density at radius 3 is 1.76 bits per heavy atom. The first-order valence-electron chi connectivity index (χ1n) is 18.3. The fourth-order valence-electron chi connectivity index (χ4n) is 8.73. The Hall–Kier alpha value is -7.30. The third-order valence-electron chi connectivity index (χ3n) is 11.1. The Morgan fingerprint density at radius 2 is 0.944 bits per heavy atom. The molecule has 0 unspecified atom stereocenters. The lowest BCUT2D eigenvalue weighted by Crippen LogP contribution is -1.96. The summed E-state index contributed by atoms with van der Waals surface area (Å²) >= 11 is 0. The normalized spacial score (nSPS) is 12.1. The van der Waals surface area contributed by atoms with E-state index in [1.807, 2.05) is 24.3 Å². The number of rotatable bonds is 4. The quantitative estimate of drug-likeness (QED) is 0.173. The smallest absolute Gasteiger partial charge is 0.138 e. The van der Waals surface area contributed by atoms with Crippen molar-refractivity contribution in [3.8, 4) is 39.3 Å². The standard InChI is InChI=1S/C50H29N3O/c1-2-12-30(13-3-1)31-14-10-15-32(26-31)49-50(52-42-21-8-7-20-41(42)51-49)33-24-25-44-39(27-33)37-18-6-9-22-43(37)53(44)34-28-40-36-17-5-4-16-35(36)38-19-11-23-45-47(38)48(40)46(29-34)54-45/h1-29H. The number of fused-ring (bicyclic) bond motifs is 7. The second-order valence-corrected chi connectivity index (χ2v) is 14.1. The zero-order chi connectivity index (χ0) is 35.3. The summed E-state index contributed by atoms with van der Waals surface area (Å²) in [6.45, 7) is 0. The van der Waals surface area contributed by atoms with Gasteiger partial charge in [-0.25, -0.2) is 9.97 Å². The van der Waals surface area contributed by atoms with Crippen LogP contribution in [-0.4, -0.2) is 14.5 Å². The molecule has 12 rings (SSSR count). The zero-order valence-electron chi connectivity index (χ0n) is 29.0. The van der Waals surface area contributed by atoms with Gasteiger partial charge in [-0.3, -0.25) is 0 Å². The predicted molar refractivity (Wildman–Crippen MR) is 224 cm³/mol. The SMILES string of the molecule is c1ccc(-c2cccc(-c3nc4ccccc4nc3-c3ccc4c(c3)c3ccccc3n4-c3cc4oc5cccc6c7ccccc7c(c3)c4c56)c2)cc1. The highest BCUT2D eigenvalue weighted by molar-refractivity contribution is 6.33. The average molecular weight is 688 g/mol. The Morgan fingerprint density at radius 1 is 0.352 bits per heavy atom. The van der Waals surface area contributed by atoms with Crippen molar-refractivity contribution in [1.29, 1.82) is 0 Å². The van der Waals surface area contributed by atoms with Crippen LogP contribution in [0, 0.1) is 0 Å². The molecule has 0 fully saturated rings. The molecule has 0 aliphatic carbocycles. The van der Waals surface area contributed by atoms with E-state index in [1.165, 1.54) is 43.3 Å². The lowest BCUT2D eigenvalue weighted by molar-refractivity contribution is 0.669. The minimum atomic E-state index is 0.859. The largest absolute Gasteiger partial charge is 0.456 e. The Kier molecular flexibility index (Phi) is 6.02. The fourth-order valence-corrected chi connectivity index (χ4v) is 8.73. The van der Waals surface area contributed by atoms with Crippen LogP contribution in [0.1, 0.15) is 0 Å². The van der Waals surface area contributed by atoms with Gasteiger partial charge in [0.05, 0.1) is 39.1 Å². The summed E-state index contributed by atoms with van der Waals surface area (Å²) in [5, 5.41) is 9.61. The number of nitrogens with zero attached hydrogens (tertiary/aromatic N) is 3. The van der Waals surface area contributed by atoms with Gasteiger partial charge in [0.1, 0.15) is 11.2 Å². The van der Waals surface area contributed by atoms with Crippen molar-refractivity contribution in [3.05, 3.63) is 176 Å². The summed E-state index contributed by atoms with van der Waals surface area (Å²) in [7, 11) is 0. The van der Waals surface area contributed by atoms with Crippen LogP contribution in [-0.2, 0) is 0 Å². The molecule has 9 aromatic carbocycles. The van der Waals surface area contributed by atoms with Crippen LogP contribution in [0.3, 0.4) is 0 Å². The van der Waals surface area contributed by atoms with Gasteiger partial charge in [0.2, 0.25) is 0 Å². The van der Waals surface area contributed by atoms with Gasteiger partial charge in [-0.2, -0.15) is 0 Å². The molecule has 0 N–H and O–H groups in total. The maximum absolute atomic E-state index is 6.62. The van der Waals surface area contributed by atoms with Crippen molar-refractivity contribution in [3.63, 3.8) is 0 Å². The molecule has 3 heterocycles. The third-order valence-corrected chi connectivity index (χ3v) is 11.1. The average Bonchev–Trinajstić information content (AvgIpc) is 3.79. The minimum Gasteiger partial charge on any atom is -0.456 e. The molecule has 4 nitrogen and oxygen atoms in total. The highest BCUT2D eigenvalue weighted by Crippen LogP contribution is 2.45. The summed E-state index contributed by atoms with van der Waals surface area (Å²) in [6.07, 6.45) is 0. The van der Waals surface area contributed by atoms with Gasteiger partial charge in [0, 0.05) is 38.7 Å². The molecule has 250 valence electrons. The third kappa shape index (κ3) is 4.19. The van der Waals surface area contributed by atoms with Crippen LogP contribution in [0.5, 0.6) is 0 Å². The van der Waals surface area contributed by atoms with E-state index in [4.69, 9.17) is 14.4 Å².